The van der Waals surface area contributed by atoms with Crippen LogP contribution >= 0.6 is 11.6 Å². The van der Waals surface area contributed by atoms with Crippen molar-refractivity contribution in [3.05, 3.63) is 112 Å². The molecule has 5 nitrogen and oxygen atoms in total. The lowest BCUT2D eigenvalue weighted by Crippen LogP contribution is -2.16. The fourth-order valence-corrected chi connectivity index (χ4v) is 4.38. The second kappa shape index (κ2) is 14.1. The molecule has 0 saturated heterocycles. The molecule has 0 bridgehead atoms. The van der Waals surface area contributed by atoms with Gasteiger partial charge in [0.2, 0.25) is 0 Å². The highest BCUT2D eigenvalue weighted by Gasteiger charge is 2.33. The minimum absolute atomic E-state index is 0.128. The van der Waals surface area contributed by atoms with Gasteiger partial charge < -0.3 is 14.9 Å². The molecule has 4 rings (SSSR count). The van der Waals surface area contributed by atoms with Crippen LogP contribution in [0, 0.1) is 0 Å². The van der Waals surface area contributed by atoms with Crippen LogP contribution in [0.4, 0.5) is 39.5 Å². The highest BCUT2D eigenvalue weighted by atomic mass is 35.5. The van der Waals surface area contributed by atoms with Gasteiger partial charge in [-0.25, -0.2) is 0 Å². The van der Waals surface area contributed by atoms with Gasteiger partial charge in [-0.05, 0) is 81.9 Å². The molecule has 0 unspecified atom stereocenters. The van der Waals surface area contributed by atoms with Crippen LogP contribution in [0.1, 0.15) is 22.3 Å². The molecule has 0 aliphatic carbocycles. The van der Waals surface area contributed by atoms with Crippen LogP contribution in [0.5, 0.6) is 5.75 Å². The minimum Gasteiger partial charge on any atom is -0.481 e. The molecule has 0 aromatic heterocycles. The van der Waals surface area contributed by atoms with E-state index in [1.54, 1.807) is 12.1 Å². The summed E-state index contributed by atoms with van der Waals surface area (Å²) in [4.78, 5) is 21.8. The number of carbonyl (C=O) groups is 2. The van der Waals surface area contributed by atoms with Gasteiger partial charge in [0.1, 0.15) is 5.75 Å². The van der Waals surface area contributed by atoms with Crippen molar-refractivity contribution in [3.8, 4) is 28.0 Å². The van der Waals surface area contributed by atoms with E-state index in [1.165, 1.54) is 30.3 Å². The predicted octanol–water partition coefficient (Wildman–Crippen LogP) is 9.55. The number of hydrogen-bond acceptors (Lipinski definition) is 3. The number of hydrogen-bond donors (Lipinski definition) is 2. The Labute approximate surface area is 259 Å². The standard InChI is InChI=1S/C16H10F6O2.C15H10ClF3O3/c17-15(18,19)11-3-1-9(2-4-11)13-6-5-12(16(20,21)22)7-10(13)8-14(23)24;16-11-3-6-13(10(7-11)8-14(20)21)9-1-4-12(5-2-9)22-15(17,18)19/h1-7H,8H2,(H,23,24);1-7H,8H2,(H,20,21). The van der Waals surface area contributed by atoms with Gasteiger partial charge in [0.15, 0.2) is 0 Å². The molecule has 0 saturated carbocycles. The summed E-state index contributed by atoms with van der Waals surface area (Å²) >= 11 is 5.85. The zero-order chi connectivity index (χ0) is 34.4. The van der Waals surface area contributed by atoms with Gasteiger partial charge in [-0.2, -0.15) is 26.3 Å². The monoisotopic (exact) mass is 678 g/mol. The largest absolute Gasteiger partial charge is 0.573 e. The summed E-state index contributed by atoms with van der Waals surface area (Å²) in [7, 11) is 0. The Hall–Kier alpha value is -4.72. The van der Waals surface area contributed by atoms with Crippen LogP contribution < -0.4 is 4.74 Å². The van der Waals surface area contributed by atoms with Crippen molar-refractivity contribution >= 4 is 23.5 Å². The van der Waals surface area contributed by atoms with Gasteiger partial charge in [-0.15, -0.1) is 13.2 Å². The van der Waals surface area contributed by atoms with Crippen LogP contribution in [-0.2, 0) is 34.8 Å². The molecular weight excluding hydrogens is 659 g/mol. The Morgan fingerprint density at radius 3 is 1.43 bits per heavy atom. The molecule has 0 radical (unpaired) electrons. The van der Waals surface area contributed by atoms with Gasteiger partial charge in [0.05, 0.1) is 24.0 Å². The van der Waals surface area contributed by atoms with Gasteiger partial charge >= 0.3 is 30.7 Å². The predicted molar refractivity (Wildman–Crippen MR) is 148 cm³/mol. The van der Waals surface area contributed by atoms with Gasteiger partial charge in [0, 0.05) is 5.02 Å². The molecule has 0 aliphatic heterocycles. The molecule has 0 heterocycles. The third-order valence-electron chi connectivity index (χ3n) is 6.11. The summed E-state index contributed by atoms with van der Waals surface area (Å²) in [6.45, 7) is 0. The van der Waals surface area contributed by atoms with E-state index >= 15 is 0 Å². The molecule has 0 fully saturated rings. The molecule has 0 spiro atoms. The molecule has 244 valence electrons. The lowest BCUT2D eigenvalue weighted by Gasteiger charge is -2.14. The van der Waals surface area contributed by atoms with Crippen LogP contribution in [0.15, 0.2) is 84.9 Å². The van der Waals surface area contributed by atoms with Crippen LogP contribution in [0.25, 0.3) is 22.3 Å². The first kappa shape index (κ1) is 35.8. The van der Waals surface area contributed by atoms with Gasteiger partial charge in [-0.1, -0.05) is 48.0 Å². The second-order valence-corrected chi connectivity index (χ2v) is 9.90. The third kappa shape index (κ3) is 10.4. The van der Waals surface area contributed by atoms with Crippen molar-refractivity contribution in [1.82, 2.24) is 0 Å². The lowest BCUT2D eigenvalue weighted by atomic mass is 9.94. The number of aliphatic carboxylic acids is 2. The Morgan fingerprint density at radius 1 is 0.587 bits per heavy atom. The molecular formula is C31H20ClF9O5. The summed E-state index contributed by atoms with van der Waals surface area (Å²) in [5, 5.41) is 18.2. The average molecular weight is 679 g/mol. The molecule has 46 heavy (non-hydrogen) atoms. The molecule has 0 atom stereocenters. The van der Waals surface area contributed by atoms with Gasteiger partial charge in [-0.3, -0.25) is 9.59 Å². The molecule has 0 aliphatic rings. The number of halogens is 10. The first-order valence-electron chi connectivity index (χ1n) is 12.7. The Kier molecular flexibility index (Phi) is 11.0. The van der Waals surface area contributed by atoms with E-state index in [2.05, 4.69) is 4.74 Å². The molecule has 0 amide bonds. The lowest BCUT2D eigenvalue weighted by molar-refractivity contribution is -0.274. The molecule has 4 aromatic rings. The van der Waals surface area contributed by atoms with Crippen molar-refractivity contribution in [2.45, 2.75) is 31.6 Å². The zero-order valence-electron chi connectivity index (χ0n) is 22.9. The number of carboxylic acids is 2. The second-order valence-electron chi connectivity index (χ2n) is 9.46. The fraction of sp³-hybridized carbons (Fsp3) is 0.161. The third-order valence-corrected chi connectivity index (χ3v) is 6.34. The summed E-state index contributed by atoms with van der Waals surface area (Å²) in [6, 6.07) is 16.2. The van der Waals surface area contributed by atoms with Crippen molar-refractivity contribution in [3.63, 3.8) is 0 Å². The van der Waals surface area contributed by atoms with Gasteiger partial charge in [0.25, 0.3) is 0 Å². The number of carboxylic acid groups (broad SMARTS) is 2. The van der Waals surface area contributed by atoms with E-state index in [0.29, 0.717) is 27.8 Å². The number of benzene rings is 4. The van der Waals surface area contributed by atoms with Crippen molar-refractivity contribution in [2.75, 3.05) is 0 Å². The topological polar surface area (TPSA) is 83.8 Å². The van der Waals surface area contributed by atoms with Crippen LogP contribution in [-0.4, -0.2) is 28.5 Å². The Morgan fingerprint density at radius 2 is 1.00 bits per heavy atom. The summed E-state index contributed by atoms with van der Waals surface area (Å²) in [6.07, 6.45) is -14.9. The normalized spacial score (nSPS) is 11.8. The summed E-state index contributed by atoms with van der Waals surface area (Å²) < 4.78 is 116. The van der Waals surface area contributed by atoms with Crippen LogP contribution in [0.2, 0.25) is 5.02 Å². The van der Waals surface area contributed by atoms with Crippen molar-refractivity contribution in [1.29, 1.82) is 0 Å². The number of rotatable bonds is 7. The zero-order valence-corrected chi connectivity index (χ0v) is 23.7. The van der Waals surface area contributed by atoms with E-state index < -0.39 is 48.2 Å². The Bertz CT molecular complexity index is 1680. The maximum absolute atomic E-state index is 12.8. The van der Waals surface area contributed by atoms with E-state index in [9.17, 15) is 49.1 Å². The van der Waals surface area contributed by atoms with Crippen molar-refractivity contribution < 1.29 is 64.1 Å². The highest BCUT2D eigenvalue weighted by Crippen LogP contribution is 2.36. The molecule has 2 N–H and O–H groups in total. The van der Waals surface area contributed by atoms with Crippen molar-refractivity contribution in [2.24, 2.45) is 0 Å². The van der Waals surface area contributed by atoms with E-state index in [1.807, 2.05) is 0 Å². The first-order chi connectivity index (χ1) is 21.2. The van der Waals surface area contributed by atoms with E-state index in [0.717, 1.165) is 36.4 Å². The molecule has 15 heteroatoms. The maximum atomic E-state index is 12.8. The SMILES string of the molecule is O=C(O)Cc1cc(C(F)(F)F)ccc1-c1ccc(C(F)(F)F)cc1.O=C(O)Cc1cc(Cl)ccc1-c1ccc(OC(F)(F)F)cc1. The number of alkyl halides is 9. The average Bonchev–Trinajstić information content (AvgIpc) is 2.92. The van der Waals surface area contributed by atoms with E-state index in [-0.39, 0.29) is 28.9 Å². The minimum atomic E-state index is -4.75. The number of ether oxygens (including phenoxy) is 1. The maximum Gasteiger partial charge on any atom is 0.573 e. The first-order valence-corrected chi connectivity index (χ1v) is 13.1. The fourth-order valence-electron chi connectivity index (χ4n) is 4.19. The van der Waals surface area contributed by atoms with E-state index in [4.69, 9.17) is 21.8 Å². The highest BCUT2D eigenvalue weighted by molar-refractivity contribution is 6.30. The Balaban J connectivity index is 0.000000251. The smallest absolute Gasteiger partial charge is 0.481 e. The molecule has 4 aromatic carbocycles. The summed E-state index contributed by atoms with van der Waals surface area (Å²) in [5.74, 6) is -2.71. The summed E-state index contributed by atoms with van der Waals surface area (Å²) in [5.41, 5.74) is -0.0752. The van der Waals surface area contributed by atoms with Crippen LogP contribution in [0.3, 0.4) is 0 Å². The quantitative estimate of drug-likeness (QED) is 0.190.